The van der Waals surface area contributed by atoms with Crippen LogP contribution in [0, 0.1) is 5.95 Å². The molecular formula is C15H20FN3O2. The largest absolute Gasteiger partial charge is 0.455 e. The molecule has 2 rings (SSSR count). The Kier molecular flexibility index (Phi) is 3.51. The Morgan fingerprint density at radius 3 is 2.33 bits per heavy atom. The van der Waals surface area contributed by atoms with Crippen LogP contribution >= 0.6 is 0 Å². The Morgan fingerprint density at radius 2 is 1.81 bits per heavy atom. The summed E-state index contributed by atoms with van der Waals surface area (Å²) in [5, 5.41) is 4.79. The third-order valence-electron chi connectivity index (χ3n) is 2.72. The fraction of sp³-hybridized carbons (Fsp3) is 0.533. The predicted octanol–water partition coefficient (Wildman–Crippen LogP) is 3.28. The number of carbonyl (C=O) groups is 1. The number of halogens is 1. The van der Waals surface area contributed by atoms with E-state index in [1.54, 1.807) is 25.5 Å². The van der Waals surface area contributed by atoms with Gasteiger partial charge in [-0.2, -0.15) is 14.5 Å². The topological polar surface area (TPSA) is 57.0 Å². The number of nitrogens with zero attached hydrogens (tertiary/aromatic N) is 3. The molecule has 2 heterocycles. The van der Waals surface area contributed by atoms with Gasteiger partial charge < -0.3 is 4.74 Å². The first-order valence-corrected chi connectivity index (χ1v) is 6.78. The maximum absolute atomic E-state index is 13.4. The molecule has 0 spiro atoms. The molecule has 0 aliphatic rings. The van der Waals surface area contributed by atoms with Crippen LogP contribution in [0.15, 0.2) is 12.1 Å². The minimum Gasteiger partial charge on any atom is -0.455 e. The van der Waals surface area contributed by atoms with Crippen LogP contribution in [0.25, 0.3) is 11.0 Å². The summed E-state index contributed by atoms with van der Waals surface area (Å²) >= 11 is 0. The molecular weight excluding hydrogens is 273 g/mol. The number of carbonyl (C=O) groups excluding carboxylic acids is 1. The second-order valence-electron chi connectivity index (χ2n) is 6.94. The van der Waals surface area contributed by atoms with Crippen LogP contribution in [-0.2, 0) is 10.3 Å². The lowest BCUT2D eigenvalue weighted by Crippen LogP contribution is -2.26. The fourth-order valence-corrected chi connectivity index (χ4v) is 1.92. The van der Waals surface area contributed by atoms with Gasteiger partial charge in [-0.1, -0.05) is 0 Å². The normalized spacial score (nSPS) is 12.7. The van der Waals surface area contributed by atoms with E-state index in [9.17, 15) is 9.18 Å². The molecule has 0 aromatic carbocycles. The summed E-state index contributed by atoms with van der Waals surface area (Å²) in [5.74, 6) is -1.15. The highest BCUT2D eigenvalue weighted by molar-refractivity contribution is 6.01. The van der Waals surface area contributed by atoms with Gasteiger partial charge in [-0.25, -0.2) is 9.48 Å². The van der Waals surface area contributed by atoms with E-state index in [2.05, 4.69) is 10.1 Å². The Morgan fingerprint density at radius 1 is 1.19 bits per heavy atom. The van der Waals surface area contributed by atoms with E-state index in [1.807, 2.05) is 20.8 Å². The van der Waals surface area contributed by atoms with Crippen molar-refractivity contribution in [2.75, 3.05) is 0 Å². The van der Waals surface area contributed by atoms with Crippen LogP contribution < -0.4 is 0 Å². The van der Waals surface area contributed by atoms with Gasteiger partial charge >= 0.3 is 5.97 Å². The molecule has 0 amide bonds. The third kappa shape index (κ3) is 3.20. The summed E-state index contributed by atoms with van der Waals surface area (Å²) in [4.78, 5) is 16.1. The van der Waals surface area contributed by atoms with Crippen molar-refractivity contribution in [2.45, 2.75) is 52.7 Å². The van der Waals surface area contributed by atoms with Gasteiger partial charge in [0.2, 0.25) is 5.95 Å². The average Bonchev–Trinajstić information content (AvgIpc) is 2.64. The zero-order chi connectivity index (χ0) is 16.0. The molecule has 0 radical (unpaired) electrons. The molecule has 0 aliphatic carbocycles. The number of fused-ring (bicyclic) bond motifs is 1. The Labute approximate surface area is 123 Å². The van der Waals surface area contributed by atoms with Gasteiger partial charge in [0.05, 0.1) is 10.9 Å². The maximum atomic E-state index is 13.4. The number of aromatic nitrogens is 3. The minimum absolute atomic E-state index is 0.155. The van der Waals surface area contributed by atoms with Gasteiger partial charge in [0.1, 0.15) is 5.60 Å². The van der Waals surface area contributed by atoms with Gasteiger partial charge in [0.15, 0.2) is 11.3 Å². The standard InChI is InChI=1S/C15H20FN3O2/c1-14(2,3)19-12-9(7-8-10(16)17-12)11(18-19)13(20)21-15(4,5)6/h7-8H,1-6H3. The lowest BCUT2D eigenvalue weighted by molar-refractivity contribution is 0.00635. The Balaban J connectivity index is 2.63. The maximum Gasteiger partial charge on any atom is 0.360 e. The van der Waals surface area contributed by atoms with Crippen LogP contribution in [0.4, 0.5) is 4.39 Å². The Hall–Kier alpha value is -1.98. The van der Waals surface area contributed by atoms with E-state index in [0.29, 0.717) is 11.0 Å². The third-order valence-corrected chi connectivity index (χ3v) is 2.72. The lowest BCUT2D eigenvalue weighted by Gasteiger charge is -2.20. The van der Waals surface area contributed by atoms with Gasteiger partial charge in [-0.3, -0.25) is 0 Å². The highest BCUT2D eigenvalue weighted by atomic mass is 19.1. The highest BCUT2D eigenvalue weighted by Crippen LogP contribution is 2.25. The molecule has 0 saturated carbocycles. The van der Waals surface area contributed by atoms with E-state index in [4.69, 9.17) is 4.74 Å². The van der Waals surface area contributed by atoms with Crippen molar-refractivity contribution in [3.05, 3.63) is 23.8 Å². The van der Waals surface area contributed by atoms with Crippen LogP contribution in [0.1, 0.15) is 52.0 Å². The molecule has 0 bridgehead atoms. The van der Waals surface area contributed by atoms with Crippen LogP contribution in [-0.4, -0.2) is 26.3 Å². The van der Waals surface area contributed by atoms with E-state index in [-0.39, 0.29) is 5.69 Å². The minimum atomic E-state index is -0.623. The molecule has 0 atom stereocenters. The van der Waals surface area contributed by atoms with Crippen molar-refractivity contribution >= 4 is 17.0 Å². The molecule has 5 nitrogen and oxygen atoms in total. The first kappa shape index (κ1) is 15.4. The number of rotatable bonds is 1. The quantitative estimate of drug-likeness (QED) is 0.598. The van der Waals surface area contributed by atoms with E-state index >= 15 is 0 Å². The van der Waals surface area contributed by atoms with Gasteiger partial charge in [0.25, 0.3) is 0 Å². The SMILES string of the molecule is CC(C)(C)OC(=O)c1nn(C(C)(C)C)c2nc(F)ccc12. The zero-order valence-corrected chi connectivity index (χ0v) is 13.2. The van der Waals surface area contributed by atoms with Gasteiger partial charge in [0, 0.05) is 0 Å². The molecule has 0 aliphatic heterocycles. The molecule has 0 fully saturated rings. The molecule has 0 unspecified atom stereocenters. The van der Waals surface area contributed by atoms with Crippen molar-refractivity contribution in [3.8, 4) is 0 Å². The van der Waals surface area contributed by atoms with Crippen LogP contribution in [0.2, 0.25) is 0 Å². The first-order valence-electron chi connectivity index (χ1n) is 6.78. The van der Waals surface area contributed by atoms with Crippen molar-refractivity contribution < 1.29 is 13.9 Å². The molecule has 114 valence electrons. The summed E-state index contributed by atoms with van der Waals surface area (Å²) in [6.07, 6.45) is 0. The number of pyridine rings is 1. The van der Waals surface area contributed by atoms with Crippen molar-refractivity contribution in [1.82, 2.24) is 14.8 Å². The zero-order valence-electron chi connectivity index (χ0n) is 13.2. The lowest BCUT2D eigenvalue weighted by atomic mass is 10.1. The summed E-state index contributed by atoms with van der Waals surface area (Å²) < 4.78 is 20.3. The van der Waals surface area contributed by atoms with Gasteiger partial charge in [-0.15, -0.1) is 0 Å². The van der Waals surface area contributed by atoms with Crippen LogP contribution in [0.5, 0.6) is 0 Å². The van der Waals surface area contributed by atoms with E-state index in [0.717, 1.165) is 0 Å². The Bertz CT molecular complexity index is 693. The van der Waals surface area contributed by atoms with E-state index < -0.39 is 23.1 Å². The van der Waals surface area contributed by atoms with Crippen molar-refractivity contribution in [2.24, 2.45) is 0 Å². The summed E-state index contributed by atoms with van der Waals surface area (Å²) in [6, 6.07) is 2.72. The van der Waals surface area contributed by atoms with E-state index in [1.165, 1.54) is 12.1 Å². The molecule has 2 aromatic rings. The van der Waals surface area contributed by atoms with Crippen molar-refractivity contribution in [1.29, 1.82) is 0 Å². The predicted molar refractivity (Wildman–Crippen MR) is 77.7 cm³/mol. The van der Waals surface area contributed by atoms with Gasteiger partial charge in [-0.05, 0) is 53.7 Å². The monoisotopic (exact) mass is 293 g/mol. The van der Waals surface area contributed by atoms with Crippen molar-refractivity contribution in [3.63, 3.8) is 0 Å². The molecule has 2 aromatic heterocycles. The van der Waals surface area contributed by atoms with Crippen LogP contribution in [0.3, 0.4) is 0 Å². The summed E-state index contributed by atoms with van der Waals surface area (Å²) in [7, 11) is 0. The molecule has 0 N–H and O–H groups in total. The number of ether oxygens (including phenoxy) is 1. The highest BCUT2D eigenvalue weighted by Gasteiger charge is 2.27. The second-order valence-corrected chi connectivity index (χ2v) is 6.94. The summed E-state index contributed by atoms with van der Waals surface area (Å²) in [5.41, 5.74) is -0.562. The smallest absolute Gasteiger partial charge is 0.360 e. The number of hydrogen-bond donors (Lipinski definition) is 0. The molecule has 0 saturated heterocycles. The second kappa shape index (κ2) is 4.79. The molecule has 21 heavy (non-hydrogen) atoms. The first-order chi connectivity index (χ1) is 9.49. The fourth-order valence-electron chi connectivity index (χ4n) is 1.92. The summed E-state index contributed by atoms with van der Waals surface area (Å²) in [6.45, 7) is 11.1. The number of esters is 1. The number of hydrogen-bond acceptors (Lipinski definition) is 4. The average molecular weight is 293 g/mol. The molecule has 6 heteroatoms.